The molecule has 8 aromatic rings. The lowest BCUT2D eigenvalue weighted by Gasteiger charge is -2.28. The van der Waals surface area contributed by atoms with Crippen LogP contribution in [0.5, 0.6) is 23.0 Å². The summed E-state index contributed by atoms with van der Waals surface area (Å²) >= 11 is 0. The Morgan fingerprint density at radius 3 is 0.817 bits per heavy atom. The van der Waals surface area contributed by atoms with E-state index < -0.39 is 0 Å². The second-order valence-corrected chi connectivity index (χ2v) is 14.8. The fourth-order valence-corrected chi connectivity index (χ4v) is 7.61. The molecule has 60 heavy (non-hydrogen) atoms. The van der Waals surface area contributed by atoms with E-state index >= 15 is 0 Å². The third-order valence-electron chi connectivity index (χ3n) is 10.6. The van der Waals surface area contributed by atoms with Gasteiger partial charge in [0.2, 0.25) is 0 Å². The number of nitrogens with zero attached hydrogens (tertiary/aromatic N) is 6. The first-order valence-electron chi connectivity index (χ1n) is 21.1. The largest absolute Gasteiger partial charge is 0.491 e. The van der Waals surface area contributed by atoms with Gasteiger partial charge < -0.3 is 28.7 Å². The molecule has 0 atom stereocenters. The van der Waals surface area contributed by atoms with Gasteiger partial charge in [-0.1, -0.05) is 72.8 Å². The van der Waals surface area contributed by atoms with E-state index in [-0.39, 0.29) is 0 Å². The average Bonchev–Trinajstić information content (AvgIpc) is 3.30. The molecule has 4 aromatic heterocycles. The Morgan fingerprint density at radius 2 is 0.550 bits per heavy atom. The lowest BCUT2D eigenvalue weighted by atomic mass is 10.2. The van der Waals surface area contributed by atoms with Crippen LogP contribution in [0.4, 0.5) is 0 Å². The van der Waals surface area contributed by atoms with Crippen LogP contribution in [0.1, 0.15) is 25.7 Å². The van der Waals surface area contributed by atoms with Crippen LogP contribution in [0.3, 0.4) is 0 Å². The van der Waals surface area contributed by atoms with Gasteiger partial charge in [0.15, 0.2) is 0 Å². The number of ether oxygens (including phenoxy) is 4. The third-order valence-corrected chi connectivity index (χ3v) is 10.6. The predicted octanol–water partition coefficient (Wildman–Crippen LogP) is 9.66. The van der Waals surface area contributed by atoms with Crippen LogP contribution in [0.2, 0.25) is 0 Å². The van der Waals surface area contributed by atoms with E-state index in [4.69, 9.17) is 18.9 Å². The predicted molar refractivity (Wildman–Crippen MR) is 240 cm³/mol. The number of fused-ring (bicyclic) bond motifs is 4. The van der Waals surface area contributed by atoms with E-state index in [9.17, 15) is 0 Å². The lowest BCUT2D eigenvalue weighted by molar-refractivity contribution is 0.167. The van der Waals surface area contributed by atoms with Crippen molar-refractivity contribution in [2.45, 2.75) is 25.7 Å². The van der Waals surface area contributed by atoms with Gasteiger partial charge in [0.25, 0.3) is 0 Å². The van der Waals surface area contributed by atoms with Crippen molar-refractivity contribution in [1.29, 1.82) is 0 Å². The number of aromatic nitrogens is 4. The van der Waals surface area contributed by atoms with Crippen LogP contribution in [0, 0.1) is 0 Å². The summed E-state index contributed by atoms with van der Waals surface area (Å²) in [7, 11) is 0. The summed E-state index contributed by atoms with van der Waals surface area (Å²) in [5.74, 6) is 3.30. The molecule has 0 radical (unpaired) electrons. The summed E-state index contributed by atoms with van der Waals surface area (Å²) in [5, 5.41) is 4.32. The van der Waals surface area contributed by atoms with Crippen molar-refractivity contribution in [3.63, 3.8) is 0 Å². The van der Waals surface area contributed by atoms with Crippen molar-refractivity contribution in [1.82, 2.24) is 29.7 Å². The zero-order valence-corrected chi connectivity index (χ0v) is 34.1. The van der Waals surface area contributed by atoms with Gasteiger partial charge in [-0.3, -0.25) is 19.9 Å². The number of hydrogen-bond donors (Lipinski definition) is 0. The Balaban J connectivity index is 0.895. The maximum absolute atomic E-state index is 6.31. The highest BCUT2D eigenvalue weighted by molar-refractivity contribution is 5.86. The van der Waals surface area contributed by atoms with Crippen molar-refractivity contribution < 1.29 is 18.9 Å². The monoisotopic (exact) mass is 800 g/mol. The molecule has 0 unspecified atom stereocenters. The van der Waals surface area contributed by atoms with Gasteiger partial charge in [-0.05, 0) is 74.2 Å². The molecule has 0 spiro atoms. The number of hydrogen-bond acceptors (Lipinski definition) is 10. The molecule has 4 aromatic carbocycles. The molecule has 0 saturated carbocycles. The summed E-state index contributed by atoms with van der Waals surface area (Å²) in [6.45, 7) is 7.84. The van der Waals surface area contributed by atoms with Crippen LogP contribution in [0.15, 0.2) is 146 Å². The third kappa shape index (κ3) is 10.8. The maximum Gasteiger partial charge on any atom is 0.145 e. The van der Waals surface area contributed by atoms with Gasteiger partial charge in [0.05, 0.1) is 26.4 Å². The van der Waals surface area contributed by atoms with Crippen LogP contribution < -0.4 is 18.9 Å². The number of benzene rings is 4. The number of pyridine rings is 4. The molecule has 8 rings (SSSR count). The van der Waals surface area contributed by atoms with E-state index in [1.807, 2.05) is 97.6 Å². The van der Waals surface area contributed by atoms with Gasteiger partial charge in [-0.2, -0.15) is 0 Å². The van der Waals surface area contributed by atoms with Gasteiger partial charge in [0.1, 0.15) is 45.1 Å². The first-order chi connectivity index (χ1) is 29.8. The highest BCUT2D eigenvalue weighted by Crippen LogP contribution is 2.26. The van der Waals surface area contributed by atoms with Crippen molar-refractivity contribution in [2.75, 3.05) is 65.7 Å². The fourth-order valence-electron chi connectivity index (χ4n) is 7.61. The summed E-state index contributed by atoms with van der Waals surface area (Å²) < 4.78 is 25.2. The second-order valence-electron chi connectivity index (χ2n) is 14.8. The second kappa shape index (κ2) is 21.1. The zero-order chi connectivity index (χ0) is 40.6. The Bertz CT molecular complexity index is 2210. The van der Waals surface area contributed by atoms with Crippen LogP contribution in [-0.4, -0.2) is 95.4 Å². The Morgan fingerprint density at radius 1 is 0.300 bits per heavy atom. The molecular weight excluding hydrogens is 749 g/mol. The molecule has 0 amide bonds. The minimum Gasteiger partial charge on any atom is -0.491 e. The number of rotatable bonds is 23. The van der Waals surface area contributed by atoms with Gasteiger partial charge in [-0.25, -0.2) is 0 Å². The van der Waals surface area contributed by atoms with E-state index in [0.29, 0.717) is 26.4 Å². The van der Waals surface area contributed by atoms with E-state index in [1.165, 1.54) is 0 Å². The normalized spacial score (nSPS) is 11.6. The van der Waals surface area contributed by atoms with Crippen molar-refractivity contribution in [2.24, 2.45) is 0 Å². The SMILES string of the molecule is c1cnc2c(OCCCN(CCCOc3cccc4cccnc34)CCN(CCCOc3cccc4cccnc34)CCCOc3cccc4cccnc34)cccc2c1. The Labute approximate surface area is 351 Å². The smallest absolute Gasteiger partial charge is 0.145 e. The summed E-state index contributed by atoms with van der Waals surface area (Å²) in [5.41, 5.74) is 3.59. The summed E-state index contributed by atoms with van der Waals surface area (Å²) in [6, 6.07) is 40.5. The van der Waals surface area contributed by atoms with Crippen molar-refractivity contribution in [3.05, 3.63) is 146 Å². The number of para-hydroxylation sites is 4. The molecule has 10 nitrogen and oxygen atoms in total. The Kier molecular flexibility index (Phi) is 14.2. The van der Waals surface area contributed by atoms with Crippen LogP contribution in [-0.2, 0) is 0 Å². The molecular formula is C50H52N6O4. The highest BCUT2D eigenvalue weighted by Gasteiger charge is 2.13. The molecule has 0 bridgehead atoms. The van der Waals surface area contributed by atoms with Gasteiger partial charge in [-0.15, -0.1) is 0 Å². The zero-order valence-electron chi connectivity index (χ0n) is 34.1. The first-order valence-corrected chi connectivity index (χ1v) is 21.1. The molecule has 10 heteroatoms. The first kappa shape index (κ1) is 40.4. The van der Waals surface area contributed by atoms with Gasteiger partial charge >= 0.3 is 0 Å². The average molecular weight is 801 g/mol. The molecule has 0 N–H and O–H groups in total. The maximum atomic E-state index is 6.31. The fraction of sp³-hybridized carbons (Fsp3) is 0.280. The molecule has 306 valence electrons. The molecule has 0 aliphatic carbocycles. The summed E-state index contributed by atoms with van der Waals surface area (Å²) in [6.07, 6.45) is 10.8. The standard InChI is InChI=1S/C50H52N6O4/c1-13-39-17-5-25-51-47(39)43(21-1)57-35-9-29-55(30-10-36-58-44-22-2-14-40-18-6-26-52-48(40)44)33-34-56(31-11-37-59-45-23-3-15-41-19-7-27-53-49(41)45)32-12-38-60-46-24-4-16-42-20-8-28-54-50(42)46/h1-8,13-28H,9-12,29-38H2. The van der Waals surface area contributed by atoms with Gasteiger partial charge in [0, 0.05) is 85.6 Å². The molecule has 0 saturated heterocycles. The minimum atomic E-state index is 0.606. The van der Waals surface area contributed by atoms with E-state index in [2.05, 4.69) is 78.3 Å². The molecule has 0 aliphatic rings. The summed E-state index contributed by atoms with van der Waals surface area (Å²) in [4.78, 5) is 23.4. The molecule has 4 heterocycles. The van der Waals surface area contributed by atoms with Crippen LogP contribution in [0.25, 0.3) is 43.6 Å². The molecule has 0 aliphatic heterocycles. The quantitative estimate of drug-likeness (QED) is 0.0583. The van der Waals surface area contributed by atoms with Crippen LogP contribution >= 0.6 is 0 Å². The van der Waals surface area contributed by atoms with Crippen molar-refractivity contribution in [3.8, 4) is 23.0 Å². The minimum absolute atomic E-state index is 0.606. The van der Waals surface area contributed by atoms with E-state index in [1.54, 1.807) is 0 Å². The van der Waals surface area contributed by atoms with E-state index in [0.717, 1.165) is 132 Å². The Hall–Kier alpha value is -6.36. The lowest BCUT2D eigenvalue weighted by Crippen LogP contribution is -2.38. The topological polar surface area (TPSA) is 95.0 Å². The van der Waals surface area contributed by atoms with Crippen molar-refractivity contribution >= 4 is 43.6 Å². The molecule has 0 fully saturated rings. The highest BCUT2D eigenvalue weighted by atomic mass is 16.5.